The molecule has 0 saturated heterocycles. The third-order valence-corrected chi connectivity index (χ3v) is 2.72. The molecule has 0 spiro atoms. The first-order valence-corrected chi connectivity index (χ1v) is 7.01. The molecule has 0 aliphatic rings. The molecule has 0 atom stereocenters. The Morgan fingerprint density at radius 3 is 1.88 bits per heavy atom. The second kappa shape index (κ2) is 14.5. The lowest BCUT2D eigenvalue weighted by molar-refractivity contribution is 0.637. The van der Waals surface area contributed by atoms with Gasteiger partial charge < -0.3 is 0 Å². The normalized spacial score (nSPS) is 11.9. The summed E-state index contributed by atoms with van der Waals surface area (Å²) >= 11 is 0. The second-order valence-corrected chi connectivity index (χ2v) is 4.37. The highest BCUT2D eigenvalue weighted by Gasteiger charge is 1.86. The first-order valence-electron chi connectivity index (χ1n) is 7.01. The molecule has 0 fully saturated rings. The van der Waals surface area contributed by atoms with Crippen LogP contribution in [0, 0.1) is 6.92 Å². The molecular weight excluding hydrogens is 192 g/mol. The largest absolute Gasteiger partial charge is 0.0885 e. The van der Waals surface area contributed by atoms with Gasteiger partial charge in [-0.3, -0.25) is 0 Å². The van der Waals surface area contributed by atoms with Crippen LogP contribution in [0.2, 0.25) is 0 Å². The van der Waals surface area contributed by atoms with Gasteiger partial charge in [0.2, 0.25) is 0 Å². The molecule has 93 valence electrons. The average Bonchev–Trinajstić information content (AvgIpc) is 2.31. The van der Waals surface area contributed by atoms with Crippen molar-refractivity contribution in [1.29, 1.82) is 0 Å². The summed E-state index contributed by atoms with van der Waals surface area (Å²) in [6.07, 6.45) is 22.0. The Labute approximate surface area is 103 Å². The van der Waals surface area contributed by atoms with E-state index in [-0.39, 0.29) is 0 Å². The van der Waals surface area contributed by atoms with Gasteiger partial charge in [0.15, 0.2) is 0 Å². The van der Waals surface area contributed by atoms with Crippen molar-refractivity contribution in [3.8, 4) is 0 Å². The maximum absolute atomic E-state index is 3.77. The molecule has 0 heteroatoms. The second-order valence-electron chi connectivity index (χ2n) is 4.37. The summed E-state index contributed by atoms with van der Waals surface area (Å²) in [4.78, 5) is 0. The van der Waals surface area contributed by atoms with Crippen LogP contribution in [0.4, 0.5) is 0 Å². The number of unbranched alkanes of at least 4 members (excludes halogenated alkanes) is 7. The van der Waals surface area contributed by atoms with Crippen molar-refractivity contribution in [2.75, 3.05) is 0 Å². The van der Waals surface area contributed by atoms with Crippen LogP contribution < -0.4 is 0 Å². The van der Waals surface area contributed by atoms with Gasteiger partial charge >= 0.3 is 0 Å². The van der Waals surface area contributed by atoms with Crippen molar-refractivity contribution in [1.82, 2.24) is 0 Å². The zero-order valence-corrected chi connectivity index (χ0v) is 11.1. The maximum Gasteiger partial charge on any atom is -0.0348 e. The highest BCUT2D eigenvalue weighted by molar-refractivity contribution is 4.85. The summed E-state index contributed by atoms with van der Waals surface area (Å²) in [7, 11) is 0. The van der Waals surface area contributed by atoms with E-state index in [2.05, 4.69) is 38.2 Å². The highest BCUT2D eigenvalue weighted by atomic mass is 13.9. The molecule has 0 heterocycles. The minimum atomic E-state index is 0.924. The van der Waals surface area contributed by atoms with E-state index in [1.54, 1.807) is 0 Å². The first-order chi connectivity index (χ1) is 7.91. The van der Waals surface area contributed by atoms with Crippen LogP contribution in [-0.2, 0) is 0 Å². The van der Waals surface area contributed by atoms with Gasteiger partial charge in [0.25, 0.3) is 0 Å². The van der Waals surface area contributed by atoms with E-state index in [1.807, 2.05) is 0 Å². The van der Waals surface area contributed by atoms with Crippen LogP contribution in [-0.4, -0.2) is 0 Å². The highest BCUT2D eigenvalue weighted by Crippen LogP contribution is 2.06. The van der Waals surface area contributed by atoms with Crippen molar-refractivity contribution < 1.29 is 0 Å². The number of hydrogen-bond donors (Lipinski definition) is 0. The van der Waals surface area contributed by atoms with Crippen molar-refractivity contribution >= 4 is 0 Å². The molecule has 0 rings (SSSR count). The molecule has 0 saturated carbocycles. The van der Waals surface area contributed by atoms with Gasteiger partial charge in [0.05, 0.1) is 0 Å². The molecular formula is C16H29. The van der Waals surface area contributed by atoms with E-state index < -0.39 is 0 Å². The third-order valence-electron chi connectivity index (χ3n) is 2.72. The Kier molecular flexibility index (Phi) is 14.0. The Balaban J connectivity index is 3.07. The Hall–Kier alpha value is -0.520. The van der Waals surface area contributed by atoms with Gasteiger partial charge in [-0.15, -0.1) is 0 Å². The topological polar surface area (TPSA) is 0 Å². The third kappa shape index (κ3) is 13.5. The van der Waals surface area contributed by atoms with Crippen LogP contribution in [0.25, 0.3) is 0 Å². The summed E-state index contributed by atoms with van der Waals surface area (Å²) in [5, 5.41) is 0. The SMILES string of the molecule is [CH2]CC=CCCCC=CCCCCCCC. The van der Waals surface area contributed by atoms with E-state index >= 15 is 0 Å². The molecule has 0 aromatic carbocycles. The quantitative estimate of drug-likeness (QED) is 0.303. The Morgan fingerprint density at radius 1 is 0.688 bits per heavy atom. The standard InChI is InChI=1S/C16H29/c1-3-5-7-9-11-13-15-16-14-12-10-8-6-4-2/h5,7,15-16H,1,3-4,6,8-14H2,2H3. The van der Waals surface area contributed by atoms with E-state index in [1.165, 1.54) is 57.8 Å². The van der Waals surface area contributed by atoms with Gasteiger partial charge in [-0.1, -0.05) is 56.9 Å². The number of hydrogen-bond acceptors (Lipinski definition) is 0. The van der Waals surface area contributed by atoms with E-state index in [0.717, 1.165) is 6.42 Å². The van der Waals surface area contributed by atoms with Crippen LogP contribution in [0.15, 0.2) is 24.3 Å². The minimum absolute atomic E-state index is 0.924. The fourth-order valence-electron chi connectivity index (χ4n) is 1.69. The summed E-state index contributed by atoms with van der Waals surface area (Å²) in [5.74, 6) is 0. The molecule has 0 N–H and O–H groups in total. The molecule has 0 bridgehead atoms. The molecule has 0 aromatic rings. The molecule has 1 radical (unpaired) electrons. The lowest BCUT2D eigenvalue weighted by Gasteiger charge is -1.96. The summed E-state index contributed by atoms with van der Waals surface area (Å²) in [6.45, 7) is 6.04. The van der Waals surface area contributed by atoms with Crippen LogP contribution in [0.1, 0.15) is 71.1 Å². The smallest absolute Gasteiger partial charge is 0.0348 e. The first kappa shape index (κ1) is 15.5. The molecule has 0 unspecified atom stereocenters. The Bertz CT molecular complexity index is 165. The van der Waals surface area contributed by atoms with Gasteiger partial charge in [-0.2, -0.15) is 0 Å². The van der Waals surface area contributed by atoms with E-state index in [0.29, 0.717) is 0 Å². The van der Waals surface area contributed by atoms with Crippen molar-refractivity contribution in [3.05, 3.63) is 31.2 Å². The number of rotatable bonds is 11. The Morgan fingerprint density at radius 2 is 1.25 bits per heavy atom. The molecule has 0 aromatic heterocycles. The zero-order valence-electron chi connectivity index (χ0n) is 11.1. The predicted octanol–water partition coefficient (Wildman–Crippen LogP) is 5.85. The van der Waals surface area contributed by atoms with Gasteiger partial charge in [0, 0.05) is 0 Å². The molecule has 0 aliphatic carbocycles. The predicted molar refractivity (Wildman–Crippen MR) is 75.5 cm³/mol. The lowest BCUT2D eigenvalue weighted by Crippen LogP contribution is -1.76. The minimum Gasteiger partial charge on any atom is -0.0885 e. The lowest BCUT2D eigenvalue weighted by atomic mass is 10.1. The van der Waals surface area contributed by atoms with Crippen LogP contribution in [0.5, 0.6) is 0 Å². The van der Waals surface area contributed by atoms with Crippen LogP contribution >= 0.6 is 0 Å². The van der Waals surface area contributed by atoms with Gasteiger partial charge in [-0.05, 0) is 45.4 Å². The van der Waals surface area contributed by atoms with Crippen molar-refractivity contribution in [2.24, 2.45) is 0 Å². The molecule has 16 heavy (non-hydrogen) atoms. The monoisotopic (exact) mass is 221 g/mol. The summed E-state index contributed by atoms with van der Waals surface area (Å²) in [5.41, 5.74) is 0. The summed E-state index contributed by atoms with van der Waals surface area (Å²) in [6, 6.07) is 0. The number of allylic oxidation sites excluding steroid dienone is 4. The molecule has 0 amide bonds. The van der Waals surface area contributed by atoms with Crippen molar-refractivity contribution in [3.63, 3.8) is 0 Å². The van der Waals surface area contributed by atoms with Gasteiger partial charge in [0.1, 0.15) is 0 Å². The fourth-order valence-corrected chi connectivity index (χ4v) is 1.69. The van der Waals surface area contributed by atoms with E-state index in [4.69, 9.17) is 0 Å². The van der Waals surface area contributed by atoms with Gasteiger partial charge in [-0.25, -0.2) is 0 Å². The average molecular weight is 221 g/mol. The van der Waals surface area contributed by atoms with Crippen molar-refractivity contribution in [2.45, 2.75) is 71.1 Å². The molecule has 0 aliphatic heterocycles. The molecule has 0 nitrogen and oxygen atoms in total. The summed E-state index contributed by atoms with van der Waals surface area (Å²) < 4.78 is 0. The fraction of sp³-hybridized carbons (Fsp3) is 0.688. The van der Waals surface area contributed by atoms with Crippen LogP contribution in [0.3, 0.4) is 0 Å². The van der Waals surface area contributed by atoms with E-state index in [9.17, 15) is 0 Å². The maximum atomic E-state index is 3.77. The zero-order chi connectivity index (χ0) is 11.9.